The molecule has 1 aliphatic rings. The molecule has 0 spiro atoms. The van der Waals surface area contributed by atoms with E-state index < -0.39 is 0 Å². The van der Waals surface area contributed by atoms with Gasteiger partial charge in [-0.05, 0) is 24.8 Å². The van der Waals surface area contributed by atoms with Crippen LogP contribution < -0.4 is 5.32 Å². The summed E-state index contributed by atoms with van der Waals surface area (Å²) in [6.45, 7) is 1.90. The molecule has 0 unspecified atom stereocenters. The lowest BCUT2D eigenvalue weighted by molar-refractivity contribution is -0.140. The number of anilines is 1. The summed E-state index contributed by atoms with van der Waals surface area (Å²) >= 11 is 3.00. The first-order valence-electron chi connectivity index (χ1n) is 7.08. The topological polar surface area (TPSA) is 62.3 Å². The molecule has 2 aromatic heterocycles. The quantitative estimate of drug-likeness (QED) is 0.938. The van der Waals surface area contributed by atoms with E-state index in [1.54, 1.807) is 23.3 Å². The van der Waals surface area contributed by atoms with Gasteiger partial charge in [0.15, 0.2) is 5.13 Å². The second kappa shape index (κ2) is 6.18. The summed E-state index contributed by atoms with van der Waals surface area (Å²) in [6, 6.07) is 3.74. The maximum absolute atomic E-state index is 12.7. The maximum Gasteiger partial charge on any atom is 0.231 e. The molecule has 0 aliphatic carbocycles. The fourth-order valence-electron chi connectivity index (χ4n) is 2.77. The van der Waals surface area contributed by atoms with Gasteiger partial charge in [0.2, 0.25) is 11.8 Å². The second-order valence-corrected chi connectivity index (χ2v) is 7.23. The Morgan fingerprint density at radius 2 is 2.27 bits per heavy atom. The lowest BCUT2D eigenvalue weighted by Gasteiger charge is -2.37. The second-order valence-electron chi connectivity index (χ2n) is 5.39. The van der Waals surface area contributed by atoms with Crippen molar-refractivity contribution in [2.24, 2.45) is 5.92 Å². The van der Waals surface area contributed by atoms with Crippen molar-refractivity contribution in [2.75, 3.05) is 12.4 Å². The Morgan fingerprint density at radius 3 is 2.91 bits per heavy atom. The zero-order chi connectivity index (χ0) is 15.7. The van der Waals surface area contributed by atoms with Crippen molar-refractivity contribution < 1.29 is 9.59 Å². The average molecular weight is 335 g/mol. The van der Waals surface area contributed by atoms with Gasteiger partial charge in [-0.1, -0.05) is 6.07 Å². The van der Waals surface area contributed by atoms with E-state index in [4.69, 9.17) is 0 Å². The monoisotopic (exact) mass is 335 g/mol. The molecule has 2 atom stereocenters. The number of amides is 2. The minimum Gasteiger partial charge on any atom is -0.337 e. The zero-order valence-electron chi connectivity index (χ0n) is 12.4. The Morgan fingerprint density at radius 1 is 1.45 bits per heavy atom. The number of piperidine rings is 1. The molecule has 1 saturated heterocycles. The van der Waals surface area contributed by atoms with Crippen molar-refractivity contribution in [1.29, 1.82) is 0 Å². The van der Waals surface area contributed by atoms with Gasteiger partial charge in [-0.2, -0.15) is 0 Å². The molecule has 0 aromatic carbocycles. The van der Waals surface area contributed by atoms with E-state index in [1.807, 2.05) is 29.8 Å². The maximum atomic E-state index is 12.7. The minimum atomic E-state index is -0.245. The summed E-state index contributed by atoms with van der Waals surface area (Å²) < 4.78 is 0. The Labute approximate surface area is 137 Å². The molecule has 1 aliphatic heterocycles. The van der Waals surface area contributed by atoms with Crippen LogP contribution in [0.4, 0.5) is 5.13 Å². The largest absolute Gasteiger partial charge is 0.337 e. The molecular formula is C15H17N3O2S2. The third-order valence-electron chi connectivity index (χ3n) is 3.88. The first-order chi connectivity index (χ1) is 10.6. The molecule has 116 valence electrons. The minimum absolute atomic E-state index is 0.0629. The number of aryl methyl sites for hydroxylation is 1. The van der Waals surface area contributed by atoms with Crippen LogP contribution in [0.25, 0.3) is 0 Å². The molecule has 1 fully saturated rings. The molecule has 0 radical (unpaired) electrons. The van der Waals surface area contributed by atoms with Crippen LogP contribution in [0.5, 0.6) is 0 Å². The van der Waals surface area contributed by atoms with Crippen LogP contribution in [0, 0.1) is 12.8 Å². The van der Waals surface area contributed by atoms with Gasteiger partial charge in [0, 0.05) is 23.7 Å². The van der Waals surface area contributed by atoms with Crippen molar-refractivity contribution in [3.05, 3.63) is 33.5 Å². The van der Waals surface area contributed by atoms with Gasteiger partial charge in [0.1, 0.15) is 0 Å². The predicted molar refractivity (Wildman–Crippen MR) is 88.0 cm³/mol. The van der Waals surface area contributed by atoms with Crippen molar-refractivity contribution in [3.63, 3.8) is 0 Å². The fourth-order valence-corrected chi connectivity index (χ4v) is 4.40. The molecular weight excluding hydrogens is 318 g/mol. The van der Waals surface area contributed by atoms with Crippen LogP contribution in [-0.2, 0) is 9.59 Å². The summed E-state index contributed by atoms with van der Waals surface area (Å²) in [7, 11) is 1.78. The van der Waals surface area contributed by atoms with E-state index >= 15 is 0 Å². The highest BCUT2D eigenvalue weighted by Crippen LogP contribution is 2.38. The van der Waals surface area contributed by atoms with E-state index in [-0.39, 0.29) is 23.8 Å². The molecule has 3 heterocycles. The van der Waals surface area contributed by atoms with Gasteiger partial charge < -0.3 is 10.2 Å². The molecule has 7 heteroatoms. The number of aromatic nitrogens is 1. The van der Waals surface area contributed by atoms with Gasteiger partial charge in [0.05, 0.1) is 17.7 Å². The summed E-state index contributed by atoms with van der Waals surface area (Å²) in [6.07, 6.45) is 0.981. The Balaban J connectivity index is 1.83. The Kier molecular flexibility index (Phi) is 4.26. The number of nitrogens with one attached hydrogen (secondary N) is 1. The number of rotatable bonds is 3. The number of hydrogen-bond donors (Lipinski definition) is 1. The predicted octanol–water partition coefficient (Wildman–Crippen LogP) is 3.06. The number of likely N-dealkylation sites (tertiary alicyclic amines) is 1. The van der Waals surface area contributed by atoms with Crippen LogP contribution >= 0.6 is 22.7 Å². The lowest BCUT2D eigenvalue weighted by atomic mass is 9.87. The van der Waals surface area contributed by atoms with E-state index in [2.05, 4.69) is 10.3 Å². The van der Waals surface area contributed by atoms with E-state index in [1.165, 1.54) is 11.3 Å². The number of hydrogen-bond acceptors (Lipinski definition) is 5. The molecule has 0 saturated carbocycles. The third kappa shape index (κ3) is 2.91. The molecule has 3 rings (SSSR count). The Bertz CT molecular complexity index is 681. The van der Waals surface area contributed by atoms with Gasteiger partial charge >= 0.3 is 0 Å². The third-order valence-corrected chi connectivity index (χ3v) is 5.70. The highest BCUT2D eigenvalue weighted by atomic mass is 32.1. The highest BCUT2D eigenvalue weighted by Gasteiger charge is 2.39. The van der Waals surface area contributed by atoms with E-state index in [0.29, 0.717) is 18.0 Å². The summed E-state index contributed by atoms with van der Waals surface area (Å²) in [5.41, 5.74) is 0.894. The zero-order valence-corrected chi connectivity index (χ0v) is 14.0. The van der Waals surface area contributed by atoms with Crippen LogP contribution in [0.1, 0.15) is 29.5 Å². The number of thiophene rings is 1. The molecule has 1 N–H and O–H groups in total. The van der Waals surface area contributed by atoms with Gasteiger partial charge in [-0.25, -0.2) is 4.98 Å². The standard InChI is InChI=1S/C15H17N3O2S2/c1-9-8-22-15(16-9)17-14(20)10-5-6-12(19)18(2)13(10)11-4-3-7-21-11/h3-4,7-8,10,13H,5-6H2,1-2H3,(H,16,17,20)/t10-,13-/m0/s1. The molecule has 0 bridgehead atoms. The number of carbonyl (C=O) groups excluding carboxylic acids is 2. The normalized spacial score (nSPS) is 21.9. The number of nitrogens with zero attached hydrogens (tertiary/aromatic N) is 2. The van der Waals surface area contributed by atoms with E-state index in [0.717, 1.165) is 10.6 Å². The summed E-state index contributed by atoms with van der Waals surface area (Å²) in [5, 5.41) is 7.39. The summed E-state index contributed by atoms with van der Waals surface area (Å²) in [4.78, 5) is 31.7. The molecule has 2 amide bonds. The average Bonchev–Trinajstić information content (AvgIpc) is 3.13. The first kappa shape index (κ1) is 15.2. The number of thiazole rings is 1. The SMILES string of the molecule is Cc1csc(NC(=O)[C@H]2CCC(=O)N(C)[C@@H]2c2cccs2)n1. The van der Waals surface area contributed by atoms with Gasteiger partial charge in [-0.3, -0.25) is 9.59 Å². The number of carbonyl (C=O) groups is 2. The van der Waals surface area contributed by atoms with Crippen LogP contribution in [0.3, 0.4) is 0 Å². The van der Waals surface area contributed by atoms with Crippen molar-refractivity contribution in [3.8, 4) is 0 Å². The lowest BCUT2D eigenvalue weighted by Crippen LogP contribution is -2.44. The first-order valence-corrected chi connectivity index (χ1v) is 8.84. The summed E-state index contributed by atoms with van der Waals surface area (Å²) in [5.74, 6) is -0.217. The van der Waals surface area contributed by atoms with Crippen molar-refractivity contribution >= 4 is 39.6 Å². The fraction of sp³-hybridized carbons (Fsp3) is 0.400. The van der Waals surface area contributed by atoms with Gasteiger partial charge in [-0.15, -0.1) is 22.7 Å². The molecule has 22 heavy (non-hydrogen) atoms. The Hall–Kier alpha value is -1.73. The van der Waals surface area contributed by atoms with Crippen molar-refractivity contribution in [2.45, 2.75) is 25.8 Å². The molecule has 2 aromatic rings. The smallest absolute Gasteiger partial charge is 0.231 e. The van der Waals surface area contributed by atoms with Gasteiger partial charge in [0.25, 0.3) is 0 Å². The highest BCUT2D eigenvalue weighted by molar-refractivity contribution is 7.14. The van der Waals surface area contributed by atoms with E-state index in [9.17, 15) is 9.59 Å². The van der Waals surface area contributed by atoms with Crippen LogP contribution in [-0.4, -0.2) is 28.7 Å². The van der Waals surface area contributed by atoms with Crippen LogP contribution in [0.2, 0.25) is 0 Å². The van der Waals surface area contributed by atoms with Crippen molar-refractivity contribution in [1.82, 2.24) is 9.88 Å². The van der Waals surface area contributed by atoms with Crippen LogP contribution in [0.15, 0.2) is 22.9 Å². The molecule has 5 nitrogen and oxygen atoms in total.